The van der Waals surface area contributed by atoms with Crippen LogP contribution < -0.4 is 14.8 Å². The van der Waals surface area contributed by atoms with E-state index < -0.39 is 0 Å². The maximum Gasteiger partial charge on any atom is 0.224 e. The quantitative estimate of drug-likeness (QED) is 0.650. The van der Waals surface area contributed by atoms with E-state index in [0.717, 1.165) is 55.2 Å². The summed E-state index contributed by atoms with van der Waals surface area (Å²) in [4.78, 5) is 14.6. The van der Waals surface area contributed by atoms with Crippen LogP contribution >= 0.6 is 0 Å². The Morgan fingerprint density at radius 3 is 2.60 bits per heavy atom. The molecule has 0 radical (unpaired) electrons. The maximum atomic E-state index is 12.2. The average Bonchev–Trinajstić information content (AvgIpc) is 2.79. The van der Waals surface area contributed by atoms with Crippen molar-refractivity contribution in [2.24, 2.45) is 0 Å². The third kappa shape index (κ3) is 7.04. The molecule has 0 spiro atoms. The monoisotopic (exact) mass is 412 g/mol. The van der Waals surface area contributed by atoms with Gasteiger partial charge in [0.1, 0.15) is 18.1 Å². The van der Waals surface area contributed by atoms with Gasteiger partial charge in [-0.2, -0.15) is 0 Å². The van der Waals surface area contributed by atoms with Gasteiger partial charge in [0, 0.05) is 32.3 Å². The zero-order valence-electron chi connectivity index (χ0n) is 17.9. The van der Waals surface area contributed by atoms with Gasteiger partial charge in [-0.05, 0) is 55.3 Å². The number of methoxy groups -OCH3 is 1. The minimum atomic E-state index is -0.00965. The van der Waals surface area contributed by atoms with Gasteiger partial charge in [0.15, 0.2) is 0 Å². The van der Waals surface area contributed by atoms with E-state index in [4.69, 9.17) is 14.2 Å². The number of benzene rings is 2. The second-order valence-corrected chi connectivity index (χ2v) is 7.62. The van der Waals surface area contributed by atoms with Crippen LogP contribution in [0.2, 0.25) is 0 Å². The van der Waals surface area contributed by atoms with E-state index in [9.17, 15) is 4.79 Å². The van der Waals surface area contributed by atoms with Crippen LogP contribution in [0, 0.1) is 0 Å². The number of hydrogen-bond donors (Lipinski definition) is 1. The molecule has 0 saturated carbocycles. The summed E-state index contributed by atoms with van der Waals surface area (Å²) in [6, 6.07) is 16.0. The second kappa shape index (κ2) is 11.6. The molecule has 162 valence electrons. The number of rotatable bonds is 10. The number of ether oxygens (including phenoxy) is 3. The third-order valence-corrected chi connectivity index (χ3v) is 5.44. The van der Waals surface area contributed by atoms with Crippen LogP contribution in [0.5, 0.6) is 11.5 Å². The highest BCUT2D eigenvalue weighted by Crippen LogP contribution is 2.16. The Bertz CT molecular complexity index is 788. The van der Waals surface area contributed by atoms with Gasteiger partial charge in [-0.25, -0.2) is 0 Å². The van der Waals surface area contributed by atoms with Gasteiger partial charge in [-0.1, -0.05) is 24.3 Å². The highest BCUT2D eigenvalue weighted by molar-refractivity contribution is 5.78. The van der Waals surface area contributed by atoms with Crippen LogP contribution in [0.4, 0.5) is 0 Å². The van der Waals surface area contributed by atoms with Crippen molar-refractivity contribution in [3.63, 3.8) is 0 Å². The molecule has 2 aromatic carbocycles. The Morgan fingerprint density at radius 1 is 1.10 bits per heavy atom. The molecule has 0 unspecified atom stereocenters. The van der Waals surface area contributed by atoms with Crippen molar-refractivity contribution in [3.8, 4) is 11.5 Å². The number of carbonyl (C=O) groups is 1. The smallest absolute Gasteiger partial charge is 0.224 e. The van der Waals surface area contributed by atoms with Crippen molar-refractivity contribution in [2.45, 2.75) is 31.8 Å². The Kier molecular flexibility index (Phi) is 8.53. The Labute approximate surface area is 179 Å². The number of hydrogen-bond acceptors (Lipinski definition) is 5. The average molecular weight is 413 g/mol. The first kappa shape index (κ1) is 22.1. The number of carbonyl (C=O) groups excluding carboxylic acids is 1. The molecule has 1 aliphatic heterocycles. The summed E-state index contributed by atoms with van der Waals surface area (Å²) in [6.45, 7) is 3.70. The van der Waals surface area contributed by atoms with Crippen LogP contribution in [-0.4, -0.2) is 57.4 Å². The zero-order valence-corrected chi connectivity index (χ0v) is 17.9. The van der Waals surface area contributed by atoms with E-state index in [2.05, 4.69) is 17.3 Å². The van der Waals surface area contributed by atoms with Crippen molar-refractivity contribution in [1.29, 1.82) is 0 Å². The van der Waals surface area contributed by atoms with Crippen LogP contribution in [0.3, 0.4) is 0 Å². The summed E-state index contributed by atoms with van der Waals surface area (Å²) in [5.41, 5.74) is 1.98. The fraction of sp³-hybridized carbons (Fsp3) is 0.458. The summed E-state index contributed by atoms with van der Waals surface area (Å²) < 4.78 is 16.5. The fourth-order valence-corrected chi connectivity index (χ4v) is 3.55. The molecule has 0 atom stereocenters. The molecule has 6 heteroatoms. The Morgan fingerprint density at radius 2 is 1.87 bits per heavy atom. The lowest BCUT2D eigenvalue weighted by Gasteiger charge is -2.31. The third-order valence-electron chi connectivity index (χ3n) is 5.44. The molecule has 1 saturated heterocycles. The number of nitrogens with zero attached hydrogens (tertiary/aromatic N) is 1. The van der Waals surface area contributed by atoms with Gasteiger partial charge >= 0.3 is 0 Å². The molecule has 1 heterocycles. The molecule has 0 bridgehead atoms. The first-order valence-electron chi connectivity index (χ1n) is 10.5. The highest BCUT2D eigenvalue weighted by atomic mass is 16.5. The minimum absolute atomic E-state index is 0.00965. The molecule has 6 nitrogen and oxygen atoms in total. The van der Waals surface area contributed by atoms with Crippen LogP contribution in [0.1, 0.15) is 24.0 Å². The van der Waals surface area contributed by atoms with Gasteiger partial charge in [-0.3, -0.25) is 9.69 Å². The van der Waals surface area contributed by atoms with Gasteiger partial charge < -0.3 is 19.5 Å². The molecular weight excluding hydrogens is 380 g/mol. The Hall–Kier alpha value is -2.57. The van der Waals surface area contributed by atoms with Crippen molar-refractivity contribution in [1.82, 2.24) is 10.2 Å². The van der Waals surface area contributed by atoms with E-state index in [1.807, 2.05) is 48.5 Å². The molecule has 1 amide bonds. The molecule has 0 aliphatic carbocycles. The zero-order chi connectivity index (χ0) is 21.2. The topological polar surface area (TPSA) is 60.0 Å². The maximum absolute atomic E-state index is 12.2. The van der Waals surface area contributed by atoms with E-state index in [0.29, 0.717) is 25.6 Å². The van der Waals surface area contributed by atoms with E-state index >= 15 is 0 Å². The van der Waals surface area contributed by atoms with Crippen molar-refractivity contribution < 1.29 is 19.0 Å². The molecule has 2 aromatic rings. The first-order valence-corrected chi connectivity index (χ1v) is 10.5. The molecule has 3 rings (SSSR count). The van der Waals surface area contributed by atoms with E-state index in [1.54, 1.807) is 7.11 Å². The molecule has 1 aliphatic rings. The fourth-order valence-electron chi connectivity index (χ4n) is 3.55. The lowest BCUT2D eigenvalue weighted by atomic mass is 10.1. The summed E-state index contributed by atoms with van der Waals surface area (Å²) in [7, 11) is 3.78. The molecule has 1 N–H and O–H groups in total. The standard InChI is InChI=1S/C24H32N2O4/c1-26(21-10-13-29-14-11-21)12-15-30-23-5-3-4-20(16-23)18-25-24(27)17-19-6-8-22(28-2)9-7-19/h3-9,16,21H,10-15,17-18H2,1-2H3,(H,25,27). The first-order chi connectivity index (χ1) is 14.6. The predicted molar refractivity (Wildman–Crippen MR) is 117 cm³/mol. The van der Waals surface area contributed by atoms with Gasteiger partial charge in [0.05, 0.1) is 13.5 Å². The molecule has 1 fully saturated rings. The normalized spacial score (nSPS) is 14.5. The van der Waals surface area contributed by atoms with E-state index in [1.165, 1.54) is 0 Å². The second-order valence-electron chi connectivity index (χ2n) is 7.62. The summed E-state index contributed by atoms with van der Waals surface area (Å²) in [5.74, 6) is 1.61. The lowest BCUT2D eigenvalue weighted by Crippen LogP contribution is -2.38. The molecule has 0 aromatic heterocycles. The van der Waals surface area contributed by atoms with Crippen LogP contribution in [0.15, 0.2) is 48.5 Å². The highest BCUT2D eigenvalue weighted by Gasteiger charge is 2.18. The molecular formula is C24H32N2O4. The number of nitrogens with one attached hydrogen (secondary N) is 1. The predicted octanol–water partition coefficient (Wildman–Crippen LogP) is 3.04. The van der Waals surface area contributed by atoms with E-state index in [-0.39, 0.29) is 5.91 Å². The van der Waals surface area contributed by atoms with Gasteiger partial charge in [-0.15, -0.1) is 0 Å². The van der Waals surface area contributed by atoms with Crippen LogP contribution in [-0.2, 0) is 22.5 Å². The lowest BCUT2D eigenvalue weighted by molar-refractivity contribution is -0.120. The van der Waals surface area contributed by atoms with Crippen molar-refractivity contribution in [2.75, 3.05) is 40.5 Å². The van der Waals surface area contributed by atoms with Crippen molar-refractivity contribution >= 4 is 5.91 Å². The van der Waals surface area contributed by atoms with Crippen molar-refractivity contribution in [3.05, 3.63) is 59.7 Å². The molecule has 30 heavy (non-hydrogen) atoms. The Balaban J connectivity index is 1.40. The van der Waals surface area contributed by atoms with Gasteiger partial charge in [0.25, 0.3) is 0 Å². The van der Waals surface area contributed by atoms with Crippen LogP contribution in [0.25, 0.3) is 0 Å². The summed E-state index contributed by atoms with van der Waals surface area (Å²) >= 11 is 0. The SMILES string of the molecule is COc1ccc(CC(=O)NCc2cccc(OCCN(C)C3CCOCC3)c2)cc1. The summed E-state index contributed by atoms with van der Waals surface area (Å²) in [5, 5.41) is 2.97. The summed E-state index contributed by atoms with van der Waals surface area (Å²) in [6.07, 6.45) is 2.52. The minimum Gasteiger partial charge on any atom is -0.497 e. The van der Waals surface area contributed by atoms with Gasteiger partial charge in [0.2, 0.25) is 5.91 Å². The largest absolute Gasteiger partial charge is 0.497 e. The number of likely N-dealkylation sites (N-methyl/N-ethyl adjacent to an activating group) is 1. The number of amides is 1.